The molecular weight excluding hydrogens is 352 g/mol. The second-order valence-corrected chi connectivity index (χ2v) is 9.16. The van der Waals surface area contributed by atoms with E-state index in [1.54, 1.807) is 6.92 Å². The molecule has 2 N–H and O–H groups in total. The molecule has 4 saturated carbocycles. The number of hydrogen-bond acceptors (Lipinski definition) is 6. The highest BCUT2D eigenvalue weighted by molar-refractivity contribution is 5.86. The Morgan fingerprint density at radius 3 is 2.30 bits per heavy atom. The zero-order chi connectivity index (χ0) is 19.4. The van der Waals surface area contributed by atoms with Crippen LogP contribution in [0.2, 0.25) is 0 Å². The number of carbonyl (C=O) groups is 2. The van der Waals surface area contributed by atoms with Gasteiger partial charge in [-0.25, -0.2) is 4.79 Å². The van der Waals surface area contributed by atoms with Crippen molar-refractivity contribution in [2.45, 2.75) is 50.2 Å². The number of aliphatic hydroxyl groups excluding tert-OH is 1. The van der Waals surface area contributed by atoms with Crippen LogP contribution >= 0.6 is 0 Å². The average molecular weight is 380 g/mol. The second-order valence-electron chi connectivity index (χ2n) is 9.16. The first-order valence-electron chi connectivity index (χ1n) is 9.69. The van der Waals surface area contributed by atoms with Gasteiger partial charge in [-0.3, -0.25) is 4.79 Å². The molecular formula is C20H28O7. The van der Waals surface area contributed by atoms with E-state index in [0.29, 0.717) is 25.4 Å². The average Bonchev–Trinajstić information content (AvgIpc) is 2.64. The highest BCUT2D eigenvalue weighted by atomic mass is 16.6. The topological polar surface area (TPSA) is 102 Å². The lowest BCUT2D eigenvalue weighted by Gasteiger charge is -2.65. The molecule has 1 spiro atoms. The van der Waals surface area contributed by atoms with Gasteiger partial charge in [0.1, 0.15) is 12.2 Å². The van der Waals surface area contributed by atoms with Crippen LogP contribution in [-0.2, 0) is 23.8 Å². The van der Waals surface area contributed by atoms with E-state index in [4.69, 9.17) is 14.2 Å². The molecule has 7 heteroatoms. The first-order chi connectivity index (χ1) is 12.7. The van der Waals surface area contributed by atoms with Gasteiger partial charge in [-0.1, -0.05) is 6.58 Å². The third-order valence-corrected chi connectivity index (χ3v) is 7.34. The maximum atomic E-state index is 11.9. The summed E-state index contributed by atoms with van der Waals surface area (Å²) in [5.74, 6) is -0.424. The molecule has 3 atom stereocenters. The van der Waals surface area contributed by atoms with E-state index in [9.17, 15) is 19.8 Å². The van der Waals surface area contributed by atoms with Crippen LogP contribution in [0.25, 0.3) is 0 Å². The van der Waals surface area contributed by atoms with E-state index >= 15 is 0 Å². The fourth-order valence-corrected chi connectivity index (χ4v) is 5.95. The summed E-state index contributed by atoms with van der Waals surface area (Å²) in [6.07, 6.45) is 4.01. The highest BCUT2D eigenvalue weighted by Crippen LogP contribution is 2.65. The molecule has 0 aromatic carbocycles. The van der Waals surface area contributed by atoms with Crippen LogP contribution in [0.1, 0.15) is 39.0 Å². The third kappa shape index (κ3) is 2.82. The van der Waals surface area contributed by atoms with Crippen LogP contribution < -0.4 is 0 Å². The Morgan fingerprint density at radius 1 is 1.15 bits per heavy atom. The van der Waals surface area contributed by atoms with Gasteiger partial charge in [0, 0.05) is 5.57 Å². The number of rotatable bonds is 5. The molecule has 1 heterocycles. The van der Waals surface area contributed by atoms with Gasteiger partial charge >= 0.3 is 11.9 Å². The number of carbonyl (C=O) groups excluding carboxylic acids is 1. The molecule has 3 unspecified atom stereocenters. The fourth-order valence-electron chi connectivity index (χ4n) is 5.95. The summed E-state index contributed by atoms with van der Waals surface area (Å²) in [6, 6.07) is 0. The minimum Gasteiger partial charge on any atom is -0.481 e. The normalized spacial score (nSPS) is 45.0. The van der Waals surface area contributed by atoms with Crippen molar-refractivity contribution in [1.29, 1.82) is 0 Å². The lowest BCUT2D eigenvalue weighted by Crippen LogP contribution is -2.70. The largest absolute Gasteiger partial charge is 0.481 e. The summed E-state index contributed by atoms with van der Waals surface area (Å²) < 4.78 is 17.7. The molecule has 7 nitrogen and oxygen atoms in total. The van der Waals surface area contributed by atoms with Gasteiger partial charge in [0.2, 0.25) is 0 Å². The van der Waals surface area contributed by atoms with Crippen molar-refractivity contribution in [3.8, 4) is 0 Å². The van der Waals surface area contributed by atoms with Crippen molar-refractivity contribution in [3.63, 3.8) is 0 Å². The van der Waals surface area contributed by atoms with Crippen LogP contribution in [0.4, 0.5) is 0 Å². The van der Waals surface area contributed by atoms with Gasteiger partial charge < -0.3 is 24.4 Å². The standard InChI is InChI=1S/C20H28O7/c1-12(2)16(22)25-9-19(8-21)10-27-20(11-26-19)14-3-13-4-15(20)7-18(5-13,6-14)17(23)24/h13-15,21H,1,3-11H2,2H3,(H,23,24). The molecule has 5 aliphatic rings. The Hall–Kier alpha value is -1.44. The molecule has 27 heavy (non-hydrogen) atoms. The van der Waals surface area contributed by atoms with Gasteiger partial charge in [-0.2, -0.15) is 0 Å². The molecule has 0 aromatic heterocycles. The highest BCUT2D eigenvalue weighted by Gasteiger charge is 2.67. The van der Waals surface area contributed by atoms with E-state index in [1.807, 2.05) is 0 Å². The van der Waals surface area contributed by atoms with Crippen LogP contribution in [0.3, 0.4) is 0 Å². The van der Waals surface area contributed by atoms with Crippen LogP contribution in [0.15, 0.2) is 12.2 Å². The number of carboxylic acid groups (broad SMARTS) is 1. The second kappa shape index (κ2) is 6.29. The summed E-state index contributed by atoms with van der Waals surface area (Å²) >= 11 is 0. The zero-order valence-electron chi connectivity index (χ0n) is 15.7. The van der Waals surface area contributed by atoms with Crippen molar-refractivity contribution in [3.05, 3.63) is 12.2 Å². The molecule has 4 aliphatic carbocycles. The van der Waals surface area contributed by atoms with Gasteiger partial charge in [0.15, 0.2) is 0 Å². The Bertz CT molecular complexity index is 643. The summed E-state index contributed by atoms with van der Waals surface area (Å²) in [7, 11) is 0. The Labute approximate surface area is 158 Å². The Kier molecular flexibility index (Phi) is 4.40. The third-order valence-electron chi connectivity index (χ3n) is 7.34. The summed E-state index contributed by atoms with van der Waals surface area (Å²) in [5, 5.41) is 19.6. The fraction of sp³-hybridized carbons (Fsp3) is 0.800. The van der Waals surface area contributed by atoms with Gasteiger partial charge in [-0.15, -0.1) is 0 Å². The van der Waals surface area contributed by atoms with Crippen LogP contribution in [0.5, 0.6) is 0 Å². The van der Waals surface area contributed by atoms with Crippen molar-refractivity contribution in [1.82, 2.24) is 0 Å². The van der Waals surface area contributed by atoms with Crippen molar-refractivity contribution < 1.29 is 34.0 Å². The molecule has 5 rings (SSSR count). The lowest BCUT2D eigenvalue weighted by molar-refractivity contribution is -0.319. The van der Waals surface area contributed by atoms with Crippen molar-refractivity contribution in [2.24, 2.45) is 23.2 Å². The monoisotopic (exact) mass is 380 g/mol. The van der Waals surface area contributed by atoms with E-state index in [2.05, 4.69) is 6.58 Å². The Balaban J connectivity index is 1.48. The number of esters is 1. The minimum atomic E-state index is -1.07. The van der Waals surface area contributed by atoms with Crippen molar-refractivity contribution in [2.75, 3.05) is 26.4 Å². The molecule has 0 radical (unpaired) electrons. The molecule has 5 fully saturated rings. The first-order valence-corrected chi connectivity index (χ1v) is 9.69. The SMILES string of the molecule is C=C(C)C(=O)OCC1(CO)COC2(CO1)C1CC3CC2CC(C(=O)O)(C3)C1. The minimum absolute atomic E-state index is 0.0949. The summed E-state index contributed by atoms with van der Waals surface area (Å²) in [6.45, 7) is 5.13. The maximum absolute atomic E-state index is 11.9. The number of aliphatic carboxylic acids is 1. The molecule has 1 saturated heterocycles. The van der Waals surface area contributed by atoms with Crippen LogP contribution in [-0.4, -0.2) is 59.8 Å². The molecule has 0 amide bonds. The van der Waals surface area contributed by atoms with Crippen LogP contribution in [0, 0.1) is 23.2 Å². The number of ether oxygens (including phenoxy) is 3. The van der Waals surface area contributed by atoms with Gasteiger partial charge in [0.25, 0.3) is 0 Å². The smallest absolute Gasteiger partial charge is 0.333 e. The van der Waals surface area contributed by atoms with Crippen molar-refractivity contribution >= 4 is 11.9 Å². The van der Waals surface area contributed by atoms with E-state index in [1.165, 1.54) is 0 Å². The lowest BCUT2D eigenvalue weighted by atomic mass is 9.44. The summed E-state index contributed by atoms with van der Waals surface area (Å²) in [4.78, 5) is 23.6. The van der Waals surface area contributed by atoms with E-state index in [0.717, 1.165) is 19.3 Å². The molecule has 4 bridgehead atoms. The van der Waals surface area contributed by atoms with Gasteiger partial charge in [0.05, 0.1) is 30.8 Å². The number of aliphatic hydroxyl groups is 1. The predicted octanol–water partition coefficient (Wildman–Crippen LogP) is 1.53. The molecule has 0 aromatic rings. The predicted molar refractivity (Wildman–Crippen MR) is 93.8 cm³/mol. The Morgan fingerprint density at radius 2 is 1.81 bits per heavy atom. The molecule has 150 valence electrons. The quantitative estimate of drug-likeness (QED) is 0.551. The number of carboxylic acids is 1. The summed E-state index contributed by atoms with van der Waals surface area (Å²) in [5.41, 5.74) is -1.87. The number of hydrogen-bond donors (Lipinski definition) is 2. The molecule has 1 aliphatic heterocycles. The van der Waals surface area contributed by atoms with E-state index in [-0.39, 0.29) is 37.2 Å². The zero-order valence-corrected chi connectivity index (χ0v) is 15.7. The maximum Gasteiger partial charge on any atom is 0.333 e. The van der Waals surface area contributed by atoms with Gasteiger partial charge in [-0.05, 0) is 56.8 Å². The van der Waals surface area contributed by atoms with E-state index < -0.39 is 28.6 Å². The first kappa shape index (κ1) is 18.9.